The number of nitrogens with zero attached hydrogens (tertiary/aromatic N) is 2. The fourth-order valence-electron chi connectivity index (χ4n) is 9.02. The Labute approximate surface area is 315 Å². The molecule has 8 rings (SSSR count). The number of nitrogens with one attached hydrogen (secondary N) is 1. The first kappa shape index (κ1) is 34.5. The van der Waals surface area contributed by atoms with Crippen LogP contribution in [0.1, 0.15) is 106 Å². The van der Waals surface area contributed by atoms with Gasteiger partial charge in [-0.05, 0) is 96.9 Å². The first-order chi connectivity index (χ1) is 23.6. The van der Waals surface area contributed by atoms with Gasteiger partial charge >= 0.3 is 0 Å². The standard InChI is InChI=1S/C40H43Cl4N3O3/c1-21-19-39(5,6)47-15-8-11-23-36(47)24(21)17-27-37(23)50-29-18-28-22(10-7-13-46(28)14-9-12-30(48)45-38(2,3)4)16-26(29)40(27)31-25(20-49-40)32(41)34(43)35(44)33(31)42/h16-19H,7-15,20H2,1-6H3,(H,45,48). The Morgan fingerprint density at radius 2 is 1.68 bits per heavy atom. The Balaban J connectivity index is 1.32. The number of carbonyl (C=O) groups excluding carboxylic acids is 1. The highest BCUT2D eigenvalue weighted by atomic mass is 35.5. The molecule has 0 aromatic heterocycles. The van der Waals surface area contributed by atoms with Gasteiger partial charge in [-0.15, -0.1) is 0 Å². The number of benzene rings is 3. The van der Waals surface area contributed by atoms with Crippen molar-refractivity contribution in [3.8, 4) is 11.5 Å². The lowest BCUT2D eigenvalue weighted by Crippen LogP contribution is -2.48. The monoisotopic (exact) mass is 753 g/mol. The number of hydrogen-bond donors (Lipinski definition) is 1. The van der Waals surface area contributed by atoms with Crippen molar-refractivity contribution < 1.29 is 14.3 Å². The minimum atomic E-state index is -1.11. The second kappa shape index (κ2) is 12.0. The maximum absolute atomic E-state index is 12.6. The molecule has 50 heavy (non-hydrogen) atoms. The summed E-state index contributed by atoms with van der Waals surface area (Å²) < 4.78 is 14.2. The Kier molecular flexibility index (Phi) is 8.25. The molecule has 6 nitrogen and oxygen atoms in total. The SMILES string of the molecule is CC1=CC(C)(C)N2CCCc3c4c(cc1c32)C1(OCc2c(Cl)c(Cl)c(Cl)c(Cl)c21)c1cc2c(cc1O4)N(CCCC(=O)NC(C)(C)C)CCC2. The summed E-state index contributed by atoms with van der Waals surface area (Å²) in [4.78, 5) is 17.6. The van der Waals surface area contributed by atoms with E-state index >= 15 is 0 Å². The van der Waals surface area contributed by atoms with Crippen LogP contribution in [0.25, 0.3) is 5.57 Å². The number of aryl methyl sites for hydroxylation is 1. The summed E-state index contributed by atoms with van der Waals surface area (Å²) in [5.41, 5.74) is 8.98. The van der Waals surface area contributed by atoms with Crippen LogP contribution in [0.2, 0.25) is 20.1 Å². The van der Waals surface area contributed by atoms with Gasteiger partial charge in [-0.2, -0.15) is 0 Å². The van der Waals surface area contributed by atoms with E-state index in [1.54, 1.807) is 0 Å². The molecule has 1 unspecified atom stereocenters. The first-order valence-electron chi connectivity index (χ1n) is 17.7. The predicted octanol–water partition coefficient (Wildman–Crippen LogP) is 10.6. The number of allylic oxidation sites excluding steroid dienone is 1. The van der Waals surface area contributed by atoms with Crippen LogP contribution >= 0.6 is 46.4 Å². The van der Waals surface area contributed by atoms with E-state index in [9.17, 15) is 4.79 Å². The molecule has 5 aliphatic rings. The third kappa shape index (κ3) is 5.18. The minimum absolute atomic E-state index is 0.0769. The molecule has 10 heteroatoms. The molecule has 0 fully saturated rings. The molecule has 3 aromatic rings. The molecule has 1 spiro atoms. The highest BCUT2D eigenvalue weighted by molar-refractivity contribution is 6.52. The average Bonchev–Trinajstić information content (AvgIpc) is 3.45. The number of rotatable bonds is 4. The second-order valence-electron chi connectivity index (χ2n) is 16.0. The van der Waals surface area contributed by atoms with Crippen molar-refractivity contribution in [3.05, 3.63) is 83.3 Å². The minimum Gasteiger partial charge on any atom is -0.456 e. The van der Waals surface area contributed by atoms with Gasteiger partial charge < -0.3 is 24.6 Å². The van der Waals surface area contributed by atoms with Gasteiger partial charge in [-0.3, -0.25) is 4.79 Å². The maximum Gasteiger partial charge on any atom is 0.220 e. The van der Waals surface area contributed by atoms with Crippen LogP contribution in [0.3, 0.4) is 0 Å². The zero-order chi connectivity index (χ0) is 35.5. The molecular weight excluding hydrogens is 712 g/mol. The van der Waals surface area contributed by atoms with Crippen molar-refractivity contribution in [1.82, 2.24) is 5.32 Å². The van der Waals surface area contributed by atoms with Gasteiger partial charge in [0.25, 0.3) is 0 Å². The van der Waals surface area contributed by atoms with Crippen molar-refractivity contribution in [2.75, 3.05) is 29.4 Å². The summed E-state index contributed by atoms with van der Waals surface area (Å²) in [6, 6.07) is 6.68. The zero-order valence-corrected chi connectivity index (χ0v) is 32.5. The molecule has 0 saturated carbocycles. The smallest absolute Gasteiger partial charge is 0.220 e. The summed E-state index contributed by atoms with van der Waals surface area (Å²) in [5, 5.41) is 4.26. The molecular formula is C40H43Cl4N3O3. The third-order valence-corrected chi connectivity index (χ3v) is 12.8. The van der Waals surface area contributed by atoms with Crippen molar-refractivity contribution >= 4 is 69.3 Å². The summed E-state index contributed by atoms with van der Waals surface area (Å²) in [6.07, 6.45) is 7.40. The fourth-order valence-corrected chi connectivity index (χ4v) is 10.1. The molecule has 264 valence electrons. The van der Waals surface area contributed by atoms with Crippen molar-refractivity contribution in [1.29, 1.82) is 0 Å². The molecule has 0 radical (unpaired) electrons. The third-order valence-electron chi connectivity index (χ3n) is 11.0. The molecule has 0 bridgehead atoms. The molecule has 0 aliphatic carbocycles. The van der Waals surface area contributed by atoms with Gasteiger partial charge in [-0.25, -0.2) is 0 Å². The lowest BCUT2D eigenvalue weighted by molar-refractivity contribution is -0.122. The van der Waals surface area contributed by atoms with Crippen molar-refractivity contribution in [2.24, 2.45) is 0 Å². The van der Waals surface area contributed by atoms with Crippen molar-refractivity contribution in [3.63, 3.8) is 0 Å². The largest absolute Gasteiger partial charge is 0.456 e. The molecule has 1 atom stereocenters. The van der Waals surface area contributed by atoms with Crippen LogP contribution in [0.15, 0.2) is 24.3 Å². The van der Waals surface area contributed by atoms with Crippen LogP contribution in [-0.4, -0.2) is 36.6 Å². The second-order valence-corrected chi connectivity index (χ2v) is 17.5. The van der Waals surface area contributed by atoms with E-state index in [-0.39, 0.29) is 33.6 Å². The van der Waals surface area contributed by atoms with E-state index in [2.05, 4.69) is 60.2 Å². The van der Waals surface area contributed by atoms with Gasteiger partial charge in [0.1, 0.15) is 11.5 Å². The molecule has 5 aliphatic heterocycles. The Morgan fingerprint density at radius 1 is 0.940 bits per heavy atom. The molecule has 3 aromatic carbocycles. The quantitative estimate of drug-likeness (QED) is 0.212. The molecule has 0 saturated heterocycles. The van der Waals surface area contributed by atoms with Crippen LogP contribution in [0.5, 0.6) is 11.5 Å². The molecule has 1 N–H and O–H groups in total. The average molecular weight is 756 g/mol. The van der Waals surface area contributed by atoms with Crippen molar-refractivity contribution in [2.45, 2.75) is 103 Å². The lowest BCUT2D eigenvalue weighted by atomic mass is 9.73. The predicted molar refractivity (Wildman–Crippen MR) is 205 cm³/mol. The van der Waals surface area contributed by atoms with Crippen LogP contribution in [0.4, 0.5) is 11.4 Å². The van der Waals surface area contributed by atoms with Crippen LogP contribution in [-0.2, 0) is 34.6 Å². The lowest BCUT2D eigenvalue weighted by Gasteiger charge is -2.49. The number of fused-ring (bicyclic) bond motifs is 8. The van der Waals surface area contributed by atoms with E-state index < -0.39 is 5.60 Å². The number of halogens is 4. The van der Waals surface area contributed by atoms with E-state index in [4.69, 9.17) is 55.9 Å². The van der Waals surface area contributed by atoms with E-state index in [0.29, 0.717) is 16.5 Å². The van der Waals surface area contributed by atoms with E-state index in [1.807, 2.05) is 20.8 Å². The highest BCUT2D eigenvalue weighted by Gasteiger charge is 2.54. The van der Waals surface area contributed by atoms with Gasteiger partial charge in [0, 0.05) is 76.7 Å². The molecule has 1 amide bonds. The summed E-state index contributed by atoms with van der Waals surface area (Å²) in [7, 11) is 0. The Hall–Kier alpha value is -2.61. The van der Waals surface area contributed by atoms with Crippen LogP contribution < -0.4 is 19.9 Å². The maximum atomic E-state index is 12.6. The van der Waals surface area contributed by atoms with Gasteiger partial charge in [0.15, 0.2) is 5.60 Å². The molecule has 5 heterocycles. The van der Waals surface area contributed by atoms with Gasteiger partial charge in [0.2, 0.25) is 5.91 Å². The zero-order valence-electron chi connectivity index (χ0n) is 29.5. The summed E-state index contributed by atoms with van der Waals surface area (Å²) in [5.74, 6) is 1.63. The number of ether oxygens (including phenoxy) is 2. The Bertz CT molecular complexity index is 2020. The Morgan fingerprint density at radius 3 is 2.44 bits per heavy atom. The van der Waals surface area contributed by atoms with Gasteiger partial charge in [-0.1, -0.05) is 52.5 Å². The van der Waals surface area contributed by atoms with E-state index in [1.165, 1.54) is 28.0 Å². The first-order valence-corrected chi connectivity index (χ1v) is 19.2. The summed E-state index contributed by atoms with van der Waals surface area (Å²) >= 11 is 27.6. The number of amides is 1. The number of hydrogen-bond acceptors (Lipinski definition) is 5. The fraction of sp³-hybridized carbons (Fsp3) is 0.475. The number of carbonyl (C=O) groups is 1. The highest BCUT2D eigenvalue weighted by Crippen LogP contribution is 2.64. The van der Waals surface area contributed by atoms with E-state index in [0.717, 1.165) is 91.2 Å². The normalized spacial score (nSPS) is 21.1. The van der Waals surface area contributed by atoms with Gasteiger partial charge in [0.05, 0.1) is 37.9 Å². The summed E-state index contributed by atoms with van der Waals surface area (Å²) in [6.45, 7) is 15.7. The van der Waals surface area contributed by atoms with Crippen LogP contribution in [0, 0.1) is 0 Å². The number of anilines is 2. The topological polar surface area (TPSA) is 54.0 Å².